The van der Waals surface area contributed by atoms with Crippen molar-refractivity contribution < 1.29 is 0 Å². The minimum atomic E-state index is 0.729. The van der Waals surface area contributed by atoms with Crippen molar-refractivity contribution in [3.8, 4) is 0 Å². The maximum Gasteiger partial charge on any atom is 0.107 e. The van der Waals surface area contributed by atoms with Gasteiger partial charge in [0.1, 0.15) is 5.01 Å². The first kappa shape index (κ1) is 10.2. The summed E-state index contributed by atoms with van der Waals surface area (Å²) in [6.45, 7) is 3.52. The molecule has 2 heterocycles. The third kappa shape index (κ3) is 3.07. The summed E-state index contributed by atoms with van der Waals surface area (Å²) in [5.74, 6) is 0. The molecule has 0 aromatic carbocycles. The van der Waals surface area contributed by atoms with Crippen LogP contribution in [-0.4, -0.2) is 15.2 Å². The van der Waals surface area contributed by atoms with E-state index in [9.17, 15) is 0 Å². The molecule has 1 N–H and O–H groups in total. The topological polar surface area (TPSA) is 50.7 Å². The second-order valence-electron chi connectivity index (χ2n) is 3.20. The zero-order valence-electron chi connectivity index (χ0n) is 8.47. The van der Waals surface area contributed by atoms with Gasteiger partial charge >= 0.3 is 0 Å². The lowest BCUT2D eigenvalue weighted by Gasteiger charge is -2.00. The number of nitrogens with one attached hydrogen (secondary N) is 1. The van der Waals surface area contributed by atoms with Gasteiger partial charge in [0, 0.05) is 30.4 Å². The van der Waals surface area contributed by atoms with Gasteiger partial charge < -0.3 is 5.32 Å². The molecule has 5 heteroatoms. The maximum absolute atomic E-state index is 4.36. The van der Waals surface area contributed by atoms with E-state index in [2.05, 4.69) is 25.9 Å². The summed E-state index contributed by atoms with van der Waals surface area (Å²) in [5.41, 5.74) is 2.03. The molecule has 0 aliphatic heterocycles. The summed E-state index contributed by atoms with van der Waals surface area (Å²) in [4.78, 5) is 4.36. The van der Waals surface area contributed by atoms with Crippen LogP contribution in [0.15, 0.2) is 23.7 Å². The fraction of sp³-hybridized carbons (Fsp3) is 0.300. The molecule has 0 spiro atoms. The van der Waals surface area contributed by atoms with E-state index in [0.29, 0.717) is 0 Å². The molecule has 0 saturated heterocycles. The van der Waals surface area contributed by atoms with Crippen LogP contribution in [0.4, 0.5) is 0 Å². The smallest absolute Gasteiger partial charge is 0.107 e. The normalized spacial score (nSPS) is 10.5. The van der Waals surface area contributed by atoms with Gasteiger partial charge in [0.15, 0.2) is 0 Å². The Labute approximate surface area is 92.4 Å². The molecule has 2 aromatic rings. The Morgan fingerprint density at radius 1 is 1.40 bits per heavy atom. The predicted octanol–water partition coefficient (Wildman–Crippen LogP) is 1.53. The molecule has 2 aromatic heterocycles. The lowest BCUT2D eigenvalue weighted by Crippen LogP contribution is -2.13. The predicted molar refractivity (Wildman–Crippen MR) is 59.4 cm³/mol. The highest BCUT2D eigenvalue weighted by Crippen LogP contribution is 2.07. The van der Waals surface area contributed by atoms with E-state index in [1.807, 2.05) is 19.1 Å². The number of thiazole rings is 1. The molecule has 0 unspecified atom stereocenters. The van der Waals surface area contributed by atoms with Gasteiger partial charge in [-0.2, -0.15) is 10.2 Å². The minimum absolute atomic E-state index is 0.729. The number of hydrogen-bond donors (Lipinski definition) is 1. The average Bonchev–Trinajstić information content (AvgIpc) is 2.66. The van der Waals surface area contributed by atoms with Crippen molar-refractivity contribution in [3.63, 3.8) is 0 Å². The monoisotopic (exact) mass is 220 g/mol. The second kappa shape index (κ2) is 4.95. The molecular weight excluding hydrogens is 208 g/mol. The summed E-state index contributed by atoms with van der Waals surface area (Å²) in [5, 5.41) is 14.2. The molecular formula is C10H12N4S. The summed E-state index contributed by atoms with van der Waals surface area (Å²) < 4.78 is 0. The van der Waals surface area contributed by atoms with Crippen molar-refractivity contribution in [1.82, 2.24) is 20.5 Å². The summed E-state index contributed by atoms with van der Waals surface area (Å²) in [7, 11) is 0. The van der Waals surface area contributed by atoms with Crippen molar-refractivity contribution in [2.75, 3.05) is 0 Å². The third-order valence-electron chi connectivity index (χ3n) is 1.88. The van der Waals surface area contributed by atoms with E-state index in [0.717, 1.165) is 29.5 Å². The first-order valence-corrected chi connectivity index (χ1v) is 5.61. The summed E-state index contributed by atoms with van der Waals surface area (Å²) >= 11 is 1.68. The SMILES string of the molecule is Cc1csc(CNCc2cccnn2)n1. The Morgan fingerprint density at radius 3 is 3.00 bits per heavy atom. The molecule has 0 fully saturated rings. The van der Waals surface area contributed by atoms with Crippen LogP contribution in [-0.2, 0) is 13.1 Å². The zero-order valence-corrected chi connectivity index (χ0v) is 9.29. The van der Waals surface area contributed by atoms with Crippen molar-refractivity contribution >= 4 is 11.3 Å². The number of aryl methyl sites for hydroxylation is 1. The first-order chi connectivity index (χ1) is 7.34. The Kier molecular flexibility index (Phi) is 3.37. The van der Waals surface area contributed by atoms with Crippen LogP contribution in [0.5, 0.6) is 0 Å². The van der Waals surface area contributed by atoms with Gasteiger partial charge in [0.25, 0.3) is 0 Å². The highest BCUT2D eigenvalue weighted by molar-refractivity contribution is 7.09. The number of rotatable bonds is 4. The zero-order chi connectivity index (χ0) is 10.5. The van der Waals surface area contributed by atoms with Crippen LogP contribution in [0.25, 0.3) is 0 Å². The molecule has 0 bridgehead atoms. The highest BCUT2D eigenvalue weighted by Gasteiger charge is 1.98. The lowest BCUT2D eigenvalue weighted by molar-refractivity contribution is 0.666. The molecule has 15 heavy (non-hydrogen) atoms. The van der Waals surface area contributed by atoms with Crippen molar-refractivity contribution in [2.45, 2.75) is 20.0 Å². The Balaban J connectivity index is 1.80. The van der Waals surface area contributed by atoms with Crippen molar-refractivity contribution in [3.05, 3.63) is 40.1 Å². The Bertz CT molecular complexity index is 412. The van der Waals surface area contributed by atoms with Gasteiger partial charge in [-0.1, -0.05) is 0 Å². The van der Waals surface area contributed by atoms with E-state index in [1.165, 1.54) is 0 Å². The molecule has 0 atom stereocenters. The molecule has 2 rings (SSSR count). The summed E-state index contributed by atoms with van der Waals surface area (Å²) in [6, 6.07) is 3.84. The largest absolute Gasteiger partial charge is 0.305 e. The van der Waals surface area contributed by atoms with Crippen LogP contribution >= 0.6 is 11.3 Å². The first-order valence-electron chi connectivity index (χ1n) is 4.73. The number of hydrogen-bond acceptors (Lipinski definition) is 5. The molecule has 78 valence electrons. The van der Waals surface area contributed by atoms with Crippen LogP contribution in [0.3, 0.4) is 0 Å². The quantitative estimate of drug-likeness (QED) is 0.849. The van der Waals surface area contributed by atoms with Crippen LogP contribution < -0.4 is 5.32 Å². The summed E-state index contributed by atoms with van der Waals surface area (Å²) in [6.07, 6.45) is 1.67. The van der Waals surface area contributed by atoms with E-state index in [1.54, 1.807) is 17.5 Å². The number of aromatic nitrogens is 3. The standard InChI is InChI=1S/C10H12N4S/c1-8-7-15-10(13-8)6-11-5-9-3-2-4-12-14-9/h2-4,7,11H,5-6H2,1H3. The lowest BCUT2D eigenvalue weighted by atomic mass is 10.4. The van der Waals surface area contributed by atoms with Crippen molar-refractivity contribution in [1.29, 1.82) is 0 Å². The molecule has 0 aliphatic carbocycles. The van der Waals surface area contributed by atoms with E-state index in [4.69, 9.17) is 0 Å². The average molecular weight is 220 g/mol. The molecule has 0 saturated carbocycles. The van der Waals surface area contributed by atoms with E-state index >= 15 is 0 Å². The van der Waals surface area contributed by atoms with Gasteiger partial charge in [-0.05, 0) is 19.1 Å². The number of nitrogens with zero attached hydrogens (tertiary/aromatic N) is 3. The van der Waals surface area contributed by atoms with Gasteiger partial charge in [-0.3, -0.25) is 0 Å². The van der Waals surface area contributed by atoms with E-state index < -0.39 is 0 Å². The molecule has 0 aliphatic rings. The fourth-order valence-corrected chi connectivity index (χ4v) is 1.95. The van der Waals surface area contributed by atoms with E-state index in [-0.39, 0.29) is 0 Å². The van der Waals surface area contributed by atoms with Crippen LogP contribution in [0, 0.1) is 6.92 Å². The molecule has 4 nitrogen and oxygen atoms in total. The van der Waals surface area contributed by atoms with Gasteiger partial charge in [-0.15, -0.1) is 11.3 Å². The van der Waals surface area contributed by atoms with Crippen molar-refractivity contribution in [2.24, 2.45) is 0 Å². The van der Waals surface area contributed by atoms with Crippen LogP contribution in [0.1, 0.15) is 16.4 Å². The van der Waals surface area contributed by atoms with Gasteiger partial charge in [0.05, 0.1) is 5.69 Å². The van der Waals surface area contributed by atoms with Crippen LogP contribution in [0.2, 0.25) is 0 Å². The van der Waals surface area contributed by atoms with Gasteiger partial charge in [0.2, 0.25) is 0 Å². The Hall–Kier alpha value is -1.33. The molecule has 0 amide bonds. The fourth-order valence-electron chi connectivity index (χ4n) is 1.21. The Morgan fingerprint density at radius 2 is 2.33 bits per heavy atom. The molecule has 0 radical (unpaired) electrons. The minimum Gasteiger partial charge on any atom is -0.305 e. The van der Waals surface area contributed by atoms with Gasteiger partial charge in [-0.25, -0.2) is 4.98 Å². The second-order valence-corrected chi connectivity index (χ2v) is 4.14. The third-order valence-corrected chi connectivity index (χ3v) is 2.84. The maximum atomic E-state index is 4.36. The highest BCUT2D eigenvalue weighted by atomic mass is 32.1.